The fourth-order valence-electron chi connectivity index (χ4n) is 2.58. The Bertz CT molecular complexity index is 404. The largest absolute Gasteiger partial charge is 0.312 e. The zero-order chi connectivity index (χ0) is 14.5. The SMILES string of the molecule is CC(C)CNCc1cnc(C2CN(C)CCCN2C)s1. The zero-order valence-electron chi connectivity index (χ0n) is 13.2. The van der Waals surface area contributed by atoms with Crippen molar-refractivity contribution in [2.45, 2.75) is 32.9 Å². The Morgan fingerprint density at radius 2 is 2.20 bits per heavy atom. The highest BCUT2D eigenvalue weighted by Gasteiger charge is 2.24. The second-order valence-electron chi connectivity index (χ2n) is 6.30. The molecule has 20 heavy (non-hydrogen) atoms. The third-order valence-corrected chi connectivity index (χ3v) is 4.87. The summed E-state index contributed by atoms with van der Waals surface area (Å²) in [5.41, 5.74) is 0. The lowest BCUT2D eigenvalue weighted by Gasteiger charge is -2.25. The third-order valence-electron chi connectivity index (χ3n) is 3.78. The first-order valence-corrected chi connectivity index (χ1v) is 8.42. The maximum absolute atomic E-state index is 4.67. The van der Waals surface area contributed by atoms with E-state index in [1.54, 1.807) is 0 Å². The number of thiazole rings is 1. The van der Waals surface area contributed by atoms with Crippen LogP contribution < -0.4 is 5.32 Å². The summed E-state index contributed by atoms with van der Waals surface area (Å²) in [5, 5.41) is 4.76. The molecule has 2 rings (SSSR count). The Morgan fingerprint density at radius 1 is 1.40 bits per heavy atom. The van der Waals surface area contributed by atoms with Crippen molar-refractivity contribution in [1.82, 2.24) is 20.1 Å². The Balaban J connectivity index is 1.95. The summed E-state index contributed by atoms with van der Waals surface area (Å²) in [5.74, 6) is 0.698. The van der Waals surface area contributed by atoms with Gasteiger partial charge in [0.15, 0.2) is 0 Å². The fourth-order valence-corrected chi connectivity index (χ4v) is 3.63. The minimum Gasteiger partial charge on any atom is -0.312 e. The molecule has 0 amide bonds. The van der Waals surface area contributed by atoms with E-state index in [0.29, 0.717) is 12.0 Å². The molecule has 0 saturated carbocycles. The smallest absolute Gasteiger partial charge is 0.111 e. The number of hydrogen-bond acceptors (Lipinski definition) is 5. The van der Waals surface area contributed by atoms with E-state index < -0.39 is 0 Å². The number of nitrogens with zero attached hydrogens (tertiary/aromatic N) is 3. The predicted octanol–water partition coefficient (Wildman–Crippen LogP) is 2.20. The second-order valence-corrected chi connectivity index (χ2v) is 7.45. The third kappa shape index (κ3) is 4.52. The molecule has 0 aliphatic carbocycles. The van der Waals surface area contributed by atoms with Crippen LogP contribution in [-0.4, -0.2) is 55.1 Å². The molecule has 5 heteroatoms. The van der Waals surface area contributed by atoms with E-state index in [4.69, 9.17) is 0 Å². The summed E-state index contributed by atoms with van der Waals surface area (Å²) in [6.07, 6.45) is 3.30. The van der Waals surface area contributed by atoms with Gasteiger partial charge in [-0.1, -0.05) is 13.8 Å². The highest BCUT2D eigenvalue weighted by atomic mass is 32.1. The average molecular weight is 296 g/mol. The Labute approximate surface area is 127 Å². The first-order chi connectivity index (χ1) is 9.56. The maximum Gasteiger partial charge on any atom is 0.111 e. The summed E-state index contributed by atoms with van der Waals surface area (Å²) in [7, 11) is 4.44. The first kappa shape index (κ1) is 15.9. The van der Waals surface area contributed by atoms with E-state index in [-0.39, 0.29) is 0 Å². The lowest BCUT2D eigenvalue weighted by Crippen LogP contribution is -2.30. The van der Waals surface area contributed by atoms with Gasteiger partial charge in [0.1, 0.15) is 5.01 Å². The second kappa shape index (κ2) is 7.50. The number of likely N-dealkylation sites (N-methyl/N-ethyl adjacent to an activating group) is 2. The van der Waals surface area contributed by atoms with Crippen LogP contribution >= 0.6 is 11.3 Å². The van der Waals surface area contributed by atoms with E-state index in [1.165, 1.54) is 22.9 Å². The van der Waals surface area contributed by atoms with Crippen LogP contribution in [0, 0.1) is 5.92 Å². The van der Waals surface area contributed by atoms with Crippen LogP contribution in [0.5, 0.6) is 0 Å². The molecule has 114 valence electrons. The molecule has 1 N–H and O–H groups in total. The van der Waals surface area contributed by atoms with Crippen LogP contribution in [0.2, 0.25) is 0 Å². The van der Waals surface area contributed by atoms with Crippen molar-refractivity contribution in [1.29, 1.82) is 0 Å². The van der Waals surface area contributed by atoms with Crippen molar-refractivity contribution < 1.29 is 0 Å². The van der Waals surface area contributed by atoms with Crippen LogP contribution in [0.15, 0.2) is 6.20 Å². The van der Waals surface area contributed by atoms with Gasteiger partial charge in [0.25, 0.3) is 0 Å². The molecule has 1 aromatic rings. The highest BCUT2D eigenvalue weighted by molar-refractivity contribution is 7.11. The van der Waals surface area contributed by atoms with Gasteiger partial charge in [-0.15, -0.1) is 11.3 Å². The van der Waals surface area contributed by atoms with Crippen LogP contribution in [0.4, 0.5) is 0 Å². The summed E-state index contributed by atoms with van der Waals surface area (Å²) in [6, 6.07) is 0.450. The van der Waals surface area contributed by atoms with Crippen LogP contribution in [-0.2, 0) is 6.54 Å². The molecule has 1 aromatic heterocycles. The lowest BCUT2D eigenvalue weighted by molar-refractivity contribution is 0.228. The Morgan fingerprint density at radius 3 is 2.95 bits per heavy atom. The standard InChI is InChI=1S/C15H28N4S/c1-12(2)8-16-9-13-10-17-15(20-13)14-11-18(3)6-5-7-19(14)4/h10,12,14,16H,5-9,11H2,1-4H3. The summed E-state index contributed by atoms with van der Waals surface area (Å²) in [6.45, 7) is 9.93. The minimum atomic E-state index is 0.450. The molecule has 0 aromatic carbocycles. The molecule has 0 spiro atoms. The molecule has 1 saturated heterocycles. The number of nitrogens with one attached hydrogen (secondary N) is 1. The normalized spacial score (nSPS) is 22.4. The molecule has 4 nitrogen and oxygen atoms in total. The maximum atomic E-state index is 4.67. The van der Waals surface area contributed by atoms with Gasteiger partial charge < -0.3 is 10.2 Å². The Hall–Kier alpha value is -0.490. The zero-order valence-corrected chi connectivity index (χ0v) is 14.0. The molecular weight excluding hydrogens is 268 g/mol. The Kier molecular flexibility index (Phi) is 5.96. The van der Waals surface area contributed by atoms with E-state index in [0.717, 1.165) is 26.2 Å². The molecular formula is C15H28N4S. The average Bonchev–Trinajstić information content (AvgIpc) is 2.77. The highest BCUT2D eigenvalue weighted by Crippen LogP contribution is 2.27. The van der Waals surface area contributed by atoms with E-state index in [1.807, 2.05) is 17.5 Å². The minimum absolute atomic E-state index is 0.450. The molecule has 1 fully saturated rings. The molecule has 1 aliphatic rings. The number of rotatable bonds is 5. The van der Waals surface area contributed by atoms with Gasteiger partial charge in [-0.2, -0.15) is 0 Å². The van der Waals surface area contributed by atoms with Gasteiger partial charge in [0.05, 0.1) is 6.04 Å². The van der Waals surface area contributed by atoms with Crippen molar-refractivity contribution in [2.24, 2.45) is 5.92 Å². The van der Waals surface area contributed by atoms with Gasteiger partial charge in [-0.05, 0) is 46.1 Å². The van der Waals surface area contributed by atoms with E-state index in [2.05, 4.69) is 48.0 Å². The summed E-state index contributed by atoms with van der Waals surface area (Å²) in [4.78, 5) is 10.9. The molecule has 0 bridgehead atoms. The molecule has 1 aliphatic heterocycles. The summed E-state index contributed by atoms with van der Waals surface area (Å²) < 4.78 is 0. The van der Waals surface area contributed by atoms with Gasteiger partial charge in [0, 0.05) is 24.2 Å². The van der Waals surface area contributed by atoms with Gasteiger partial charge in [-0.25, -0.2) is 4.98 Å². The molecule has 1 unspecified atom stereocenters. The monoisotopic (exact) mass is 296 g/mol. The topological polar surface area (TPSA) is 31.4 Å². The van der Waals surface area contributed by atoms with Crippen molar-refractivity contribution in [3.63, 3.8) is 0 Å². The van der Waals surface area contributed by atoms with Crippen LogP contribution in [0.1, 0.15) is 36.2 Å². The van der Waals surface area contributed by atoms with Crippen molar-refractivity contribution in [3.05, 3.63) is 16.1 Å². The van der Waals surface area contributed by atoms with E-state index >= 15 is 0 Å². The van der Waals surface area contributed by atoms with Crippen molar-refractivity contribution in [3.8, 4) is 0 Å². The van der Waals surface area contributed by atoms with Crippen molar-refractivity contribution in [2.75, 3.05) is 40.3 Å². The van der Waals surface area contributed by atoms with Crippen LogP contribution in [0.25, 0.3) is 0 Å². The first-order valence-electron chi connectivity index (χ1n) is 7.60. The fraction of sp³-hybridized carbons (Fsp3) is 0.800. The number of hydrogen-bond donors (Lipinski definition) is 1. The number of aromatic nitrogens is 1. The van der Waals surface area contributed by atoms with Gasteiger partial charge in [0.2, 0.25) is 0 Å². The molecule has 2 heterocycles. The molecule has 0 radical (unpaired) electrons. The quantitative estimate of drug-likeness (QED) is 0.902. The summed E-state index contributed by atoms with van der Waals surface area (Å²) >= 11 is 1.86. The lowest BCUT2D eigenvalue weighted by atomic mass is 10.2. The van der Waals surface area contributed by atoms with Crippen LogP contribution in [0.3, 0.4) is 0 Å². The van der Waals surface area contributed by atoms with Gasteiger partial charge >= 0.3 is 0 Å². The van der Waals surface area contributed by atoms with E-state index in [9.17, 15) is 0 Å². The molecule has 1 atom stereocenters. The van der Waals surface area contributed by atoms with Crippen molar-refractivity contribution >= 4 is 11.3 Å². The van der Waals surface area contributed by atoms with Gasteiger partial charge in [-0.3, -0.25) is 4.90 Å². The predicted molar refractivity (Wildman–Crippen MR) is 86.1 cm³/mol.